The van der Waals surface area contributed by atoms with E-state index >= 15 is 0 Å². The highest BCUT2D eigenvalue weighted by molar-refractivity contribution is 7.99. The van der Waals surface area contributed by atoms with Crippen LogP contribution in [0.4, 0.5) is 18.9 Å². The van der Waals surface area contributed by atoms with Gasteiger partial charge in [0.15, 0.2) is 5.82 Å². The van der Waals surface area contributed by atoms with Gasteiger partial charge in [-0.1, -0.05) is 47.7 Å². The minimum absolute atomic E-state index is 0.171. The second kappa shape index (κ2) is 7.93. The SMILES string of the molecule is Cc1cccc(-c2nnc(SCC(=O)Nc3ccccc3C(F)(F)F)n2N)c1. The Morgan fingerprint density at radius 3 is 2.64 bits per heavy atom. The van der Waals surface area contributed by atoms with Gasteiger partial charge in [-0.3, -0.25) is 4.79 Å². The van der Waals surface area contributed by atoms with Crippen LogP contribution in [0, 0.1) is 6.92 Å². The number of nitrogens with one attached hydrogen (secondary N) is 1. The molecule has 0 aliphatic heterocycles. The summed E-state index contributed by atoms with van der Waals surface area (Å²) >= 11 is 0.979. The van der Waals surface area contributed by atoms with Crippen molar-refractivity contribution in [3.8, 4) is 11.4 Å². The zero-order valence-corrected chi connectivity index (χ0v) is 15.5. The number of nitrogens with two attached hydrogens (primary N) is 1. The molecule has 0 unspecified atom stereocenters. The molecule has 146 valence electrons. The van der Waals surface area contributed by atoms with Gasteiger partial charge in [-0.2, -0.15) is 13.2 Å². The second-order valence-corrected chi connectivity index (χ2v) is 6.87. The number of carbonyl (C=O) groups excluding carboxylic acids is 1. The first-order valence-corrected chi connectivity index (χ1v) is 9.10. The molecule has 6 nitrogen and oxygen atoms in total. The van der Waals surface area contributed by atoms with E-state index in [9.17, 15) is 18.0 Å². The first kappa shape index (κ1) is 19.7. The summed E-state index contributed by atoms with van der Waals surface area (Å²) in [6.07, 6.45) is -4.56. The number of benzene rings is 2. The summed E-state index contributed by atoms with van der Waals surface area (Å²) in [4.78, 5) is 12.1. The van der Waals surface area contributed by atoms with E-state index in [1.54, 1.807) is 0 Å². The zero-order chi connectivity index (χ0) is 20.3. The van der Waals surface area contributed by atoms with Gasteiger partial charge in [0.05, 0.1) is 17.0 Å². The Kier molecular flexibility index (Phi) is 5.59. The quantitative estimate of drug-likeness (QED) is 0.497. The van der Waals surface area contributed by atoms with Crippen LogP contribution in [0.1, 0.15) is 11.1 Å². The Bertz CT molecular complexity index is 1000. The Morgan fingerprint density at radius 1 is 1.18 bits per heavy atom. The maximum Gasteiger partial charge on any atom is 0.418 e. The molecule has 1 aromatic heterocycles. The third kappa shape index (κ3) is 4.45. The Morgan fingerprint density at radius 2 is 1.93 bits per heavy atom. The summed E-state index contributed by atoms with van der Waals surface area (Å²) in [6.45, 7) is 1.93. The first-order chi connectivity index (χ1) is 13.3. The molecule has 0 bridgehead atoms. The van der Waals surface area contributed by atoms with Gasteiger partial charge in [0.2, 0.25) is 11.1 Å². The van der Waals surface area contributed by atoms with E-state index in [1.165, 1.54) is 22.9 Å². The fourth-order valence-corrected chi connectivity index (χ4v) is 3.17. The average molecular weight is 407 g/mol. The Hall–Kier alpha value is -3.01. The van der Waals surface area contributed by atoms with E-state index in [2.05, 4.69) is 15.5 Å². The van der Waals surface area contributed by atoms with Crippen molar-refractivity contribution in [1.82, 2.24) is 14.9 Å². The van der Waals surface area contributed by atoms with Gasteiger partial charge in [0, 0.05) is 5.56 Å². The topological polar surface area (TPSA) is 85.8 Å². The number of hydrogen-bond acceptors (Lipinski definition) is 5. The normalized spacial score (nSPS) is 11.4. The van der Waals surface area contributed by atoms with Gasteiger partial charge in [0.1, 0.15) is 0 Å². The molecule has 0 spiro atoms. The van der Waals surface area contributed by atoms with Crippen molar-refractivity contribution in [2.24, 2.45) is 0 Å². The predicted octanol–water partition coefficient (Wildman–Crippen LogP) is 3.72. The number of amides is 1. The number of carbonyl (C=O) groups is 1. The lowest BCUT2D eigenvalue weighted by molar-refractivity contribution is -0.137. The molecule has 3 aromatic rings. The van der Waals surface area contributed by atoms with Crippen LogP contribution in [0.2, 0.25) is 0 Å². The van der Waals surface area contributed by atoms with Gasteiger partial charge in [0.25, 0.3) is 0 Å². The molecule has 0 saturated carbocycles. The molecule has 10 heteroatoms. The third-order valence-corrected chi connectivity index (χ3v) is 4.72. The summed E-state index contributed by atoms with van der Waals surface area (Å²) in [5.74, 6) is 5.64. The van der Waals surface area contributed by atoms with Crippen LogP contribution in [-0.2, 0) is 11.0 Å². The van der Waals surface area contributed by atoms with Crippen LogP contribution in [0.5, 0.6) is 0 Å². The summed E-state index contributed by atoms with van der Waals surface area (Å²) in [7, 11) is 0. The van der Waals surface area contributed by atoms with Crippen molar-refractivity contribution in [1.29, 1.82) is 0 Å². The largest absolute Gasteiger partial charge is 0.418 e. The lowest BCUT2D eigenvalue weighted by atomic mass is 10.1. The van der Waals surface area contributed by atoms with Crippen LogP contribution in [0.15, 0.2) is 53.7 Å². The van der Waals surface area contributed by atoms with E-state index in [0.29, 0.717) is 5.82 Å². The van der Waals surface area contributed by atoms with Gasteiger partial charge < -0.3 is 11.2 Å². The highest BCUT2D eigenvalue weighted by atomic mass is 32.2. The van der Waals surface area contributed by atoms with Crippen molar-refractivity contribution in [3.05, 3.63) is 59.7 Å². The van der Waals surface area contributed by atoms with Gasteiger partial charge in [-0.05, 0) is 25.1 Å². The molecule has 28 heavy (non-hydrogen) atoms. The summed E-state index contributed by atoms with van der Waals surface area (Å²) < 4.78 is 40.2. The number of nitrogen functional groups attached to an aromatic ring is 1. The van der Waals surface area contributed by atoms with Crippen LogP contribution in [-0.4, -0.2) is 26.5 Å². The third-order valence-electron chi connectivity index (χ3n) is 3.78. The first-order valence-electron chi connectivity index (χ1n) is 8.12. The summed E-state index contributed by atoms with van der Waals surface area (Å²) in [6, 6.07) is 12.3. The van der Waals surface area contributed by atoms with E-state index in [1.807, 2.05) is 31.2 Å². The number of thioether (sulfide) groups is 1. The Labute approximate surface area is 162 Å². The van der Waals surface area contributed by atoms with E-state index in [0.717, 1.165) is 29.0 Å². The molecule has 2 aromatic carbocycles. The fourth-order valence-electron chi connectivity index (χ4n) is 2.51. The molecule has 1 amide bonds. The lowest BCUT2D eigenvalue weighted by Crippen LogP contribution is -2.19. The summed E-state index contributed by atoms with van der Waals surface area (Å²) in [5.41, 5.74) is 0.593. The minimum Gasteiger partial charge on any atom is -0.335 e. The van der Waals surface area contributed by atoms with Crippen molar-refractivity contribution < 1.29 is 18.0 Å². The number of rotatable bonds is 5. The van der Waals surface area contributed by atoms with Gasteiger partial charge >= 0.3 is 6.18 Å². The van der Waals surface area contributed by atoms with Crippen molar-refractivity contribution >= 4 is 23.4 Å². The Balaban J connectivity index is 1.68. The molecule has 0 radical (unpaired) electrons. The number of nitrogens with zero attached hydrogens (tertiary/aromatic N) is 3. The minimum atomic E-state index is -4.56. The highest BCUT2D eigenvalue weighted by Crippen LogP contribution is 2.34. The highest BCUT2D eigenvalue weighted by Gasteiger charge is 2.33. The molecule has 3 rings (SSSR count). The molecule has 0 saturated heterocycles. The molecular formula is C18H16F3N5OS. The van der Waals surface area contributed by atoms with Crippen LogP contribution < -0.4 is 11.2 Å². The maximum atomic E-state index is 13.0. The smallest absolute Gasteiger partial charge is 0.335 e. The molecule has 0 atom stereocenters. The number of aryl methyl sites for hydroxylation is 1. The molecular weight excluding hydrogens is 391 g/mol. The van der Waals surface area contributed by atoms with Crippen molar-refractivity contribution in [2.45, 2.75) is 18.3 Å². The van der Waals surface area contributed by atoms with E-state index in [-0.39, 0.29) is 16.6 Å². The standard InChI is InChI=1S/C18H16F3N5OS/c1-11-5-4-6-12(9-11)16-24-25-17(26(16)22)28-10-15(27)23-14-8-3-2-7-13(14)18(19,20)21/h2-9H,10,22H2,1H3,(H,23,27). The zero-order valence-electron chi connectivity index (χ0n) is 14.7. The molecule has 0 aliphatic carbocycles. The summed E-state index contributed by atoms with van der Waals surface area (Å²) in [5, 5.41) is 10.5. The van der Waals surface area contributed by atoms with Crippen LogP contribution in [0.3, 0.4) is 0 Å². The van der Waals surface area contributed by atoms with Crippen LogP contribution >= 0.6 is 11.8 Å². The molecule has 0 fully saturated rings. The number of hydrogen-bond donors (Lipinski definition) is 2. The monoisotopic (exact) mass is 407 g/mol. The number of anilines is 1. The number of halogens is 3. The number of alkyl halides is 3. The molecule has 3 N–H and O–H groups in total. The fraction of sp³-hybridized carbons (Fsp3) is 0.167. The predicted molar refractivity (Wildman–Crippen MR) is 101 cm³/mol. The molecule has 0 aliphatic rings. The van der Waals surface area contributed by atoms with E-state index < -0.39 is 17.6 Å². The van der Waals surface area contributed by atoms with Crippen molar-refractivity contribution in [3.63, 3.8) is 0 Å². The lowest BCUT2D eigenvalue weighted by Gasteiger charge is -2.13. The van der Waals surface area contributed by atoms with Crippen LogP contribution in [0.25, 0.3) is 11.4 Å². The van der Waals surface area contributed by atoms with Gasteiger partial charge in [-0.15, -0.1) is 10.2 Å². The number of para-hydroxylation sites is 1. The maximum absolute atomic E-state index is 13.0. The molecule has 1 heterocycles. The van der Waals surface area contributed by atoms with E-state index in [4.69, 9.17) is 5.84 Å². The average Bonchev–Trinajstić information content (AvgIpc) is 3.00. The van der Waals surface area contributed by atoms with Gasteiger partial charge in [-0.25, -0.2) is 4.68 Å². The second-order valence-electron chi connectivity index (χ2n) is 5.93. The van der Waals surface area contributed by atoms with Crippen molar-refractivity contribution in [2.75, 3.05) is 16.9 Å². The number of aromatic nitrogens is 3.